The van der Waals surface area contributed by atoms with Crippen LogP contribution in [0.2, 0.25) is 0 Å². The molecule has 122 valence electrons. The van der Waals surface area contributed by atoms with Gasteiger partial charge in [0, 0.05) is 34.5 Å². The van der Waals surface area contributed by atoms with Crippen LogP contribution < -0.4 is 0 Å². The van der Waals surface area contributed by atoms with E-state index in [1.54, 1.807) is 6.20 Å². The lowest BCUT2D eigenvalue weighted by Crippen LogP contribution is -1.92. The molecule has 0 saturated carbocycles. The molecule has 0 atom stereocenters. The Balaban J connectivity index is 1.59. The molecule has 0 unspecified atom stereocenters. The lowest BCUT2D eigenvalue weighted by atomic mass is 10.1. The molecule has 3 heterocycles. The quantitative estimate of drug-likeness (QED) is 0.460. The molecule has 3 aromatic heterocycles. The van der Waals surface area contributed by atoms with Gasteiger partial charge in [-0.15, -0.1) is 0 Å². The van der Waals surface area contributed by atoms with Crippen LogP contribution in [-0.4, -0.2) is 19.9 Å². The van der Waals surface area contributed by atoms with Crippen molar-refractivity contribution < 1.29 is 0 Å². The normalized spacial score (nSPS) is 11.1. The van der Waals surface area contributed by atoms with Gasteiger partial charge >= 0.3 is 0 Å². The van der Waals surface area contributed by atoms with Gasteiger partial charge in [-0.25, -0.2) is 9.97 Å². The summed E-state index contributed by atoms with van der Waals surface area (Å²) in [5.74, 6) is 0. The maximum Gasteiger partial charge on any atom is 0.178 e. The highest BCUT2D eigenvalue weighted by atomic mass is 14.9. The summed E-state index contributed by atoms with van der Waals surface area (Å²) in [4.78, 5) is 18.3. The van der Waals surface area contributed by atoms with Crippen molar-refractivity contribution in [2.75, 3.05) is 0 Å². The van der Waals surface area contributed by atoms with Crippen molar-refractivity contribution in [2.45, 2.75) is 0 Å². The molecule has 0 spiro atoms. The minimum Gasteiger partial charge on any atom is -0.256 e. The third-order valence-electron chi connectivity index (χ3n) is 4.39. The number of hydrogen-bond donors (Lipinski definition) is 0. The fourth-order valence-corrected chi connectivity index (χ4v) is 3.04. The third kappa shape index (κ3) is 2.58. The Morgan fingerprint density at radius 1 is 0.538 bits per heavy atom. The van der Waals surface area contributed by atoms with Crippen molar-refractivity contribution in [2.24, 2.45) is 0 Å². The van der Waals surface area contributed by atoms with Crippen LogP contribution in [0.25, 0.3) is 44.5 Å². The minimum absolute atomic E-state index is 0.642. The number of aromatic nitrogens is 4. The van der Waals surface area contributed by atoms with Crippen molar-refractivity contribution in [3.8, 4) is 22.4 Å². The number of rotatable bonds is 2. The maximum atomic E-state index is 4.64. The maximum absolute atomic E-state index is 4.64. The molecular formula is C22H14N4. The predicted molar refractivity (Wildman–Crippen MR) is 104 cm³/mol. The molecule has 0 radical (unpaired) electrons. The summed E-state index contributed by atoms with van der Waals surface area (Å²) in [7, 11) is 0. The highest BCUT2D eigenvalue weighted by molar-refractivity contribution is 5.85. The summed E-state index contributed by atoms with van der Waals surface area (Å²) >= 11 is 0. The van der Waals surface area contributed by atoms with E-state index in [0.717, 1.165) is 38.8 Å². The highest BCUT2D eigenvalue weighted by Gasteiger charge is 2.07. The first kappa shape index (κ1) is 14.7. The SMILES string of the molecule is c1ccc(-c2cnc3cc(-c4cnc5ccccc5c4)cnc3n2)cc1. The average Bonchev–Trinajstić information content (AvgIpc) is 2.73. The van der Waals surface area contributed by atoms with Crippen LogP contribution in [0.5, 0.6) is 0 Å². The molecule has 2 aromatic carbocycles. The Bertz CT molecular complexity index is 1230. The molecule has 0 saturated heterocycles. The van der Waals surface area contributed by atoms with Crippen molar-refractivity contribution in [3.63, 3.8) is 0 Å². The molecule has 0 amide bonds. The van der Waals surface area contributed by atoms with E-state index in [1.807, 2.05) is 67.0 Å². The summed E-state index contributed by atoms with van der Waals surface area (Å²) in [6.45, 7) is 0. The second kappa shape index (κ2) is 6.01. The monoisotopic (exact) mass is 334 g/mol. The number of fused-ring (bicyclic) bond motifs is 2. The van der Waals surface area contributed by atoms with Gasteiger partial charge in [0.25, 0.3) is 0 Å². The zero-order valence-corrected chi connectivity index (χ0v) is 13.9. The van der Waals surface area contributed by atoms with Gasteiger partial charge in [-0.05, 0) is 18.2 Å². The summed E-state index contributed by atoms with van der Waals surface area (Å²) in [6.07, 6.45) is 5.50. The van der Waals surface area contributed by atoms with E-state index >= 15 is 0 Å². The van der Waals surface area contributed by atoms with Crippen LogP contribution >= 0.6 is 0 Å². The van der Waals surface area contributed by atoms with Gasteiger partial charge in [-0.1, -0.05) is 48.5 Å². The van der Waals surface area contributed by atoms with Crippen LogP contribution in [0.4, 0.5) is 0 Å². The van der Waals surface area contributed by atoms with Gasteiger partial charge in [-0.2, -0.15) is 0 Å². The van der Waals surface area contributed by atoms with E-state index in [0.29, 0.717) is 5.65 Å². The number of pyridine rings is 2. The zero-order valence-electron chi connectivity index (χ0n) is 13.9. The van der Waals surface area contributed by atoms with E-state index in [4.69, 9.17) is 0 Å². The van der Waals surface area contributed by atoms with Crippen LogP contribution in [0.15, 0.2) is 85.3 Å². The van der Waals surface area contributed by atoms with Gasteiger partial charge in [0.1, 0.15) is 5.52 Å². The molecule has 0 bridgehead atoms. The smallest absolute Gasteiger partial charge is 0.178 e. The van der Waals surface area contributed by atoms with Crippen molar-refractivity contribution in [3.05, 3.63) is 85.3 Å². The van der Waals surface area contributed by atoms with Crippen LogP contribution in [-0.2, 0) is 0 Å². The van der Waals surface area contributed by atoms with Gasteiger partial charge in [0.05, 0.1) is 17.4 Å². The Kier molecular flexibility index (Phi) is 3.39. The van der Waals surface area contributed by atoms with Gasteiger partial charge in [0.15, 0.2) is 5.65 Å². The molecule has 5 rings (SSSR count). The number of benzene rings is 2. The topological polar surface area (TPSA) is 51.6 Å². The standard InChI is InChI=1S/C22H14N4/c1-2-6-15(7-3-1)21-14-24-20-11-18(13-25-22(20)26-21)17-10-16-8-4-5-9-19(16)23-12-17/h1-14H. The van der Waals surface area contributed by atoms with Gasteiger partial charge < -0.3 is 0 Å². The Morgan fingerprint density at radius 3 is 2.19 bits per heavy atom. The summed E-state index contributed by atoms with van der Waals surface area (Å²) in [5, 5.41) is 1.11. The van der Waals surface area contributed by atoms with Crippen molar-refractivity contribution in [1.29, 1.82) is 0 Å². The number of nitrogens with zero attached hydrogens (tertiary/aromatic N) is 4. The lowest BCUT2D eigenvalue weighted by Gasteiger charge is -2.06. The first-order valence-corrected chi connectivity index (χ1v) is 8.40. The van der Waals surface area contributed by atoms with E-state index in [-0.39, 0.29) is 0 Å². The first-order valence-electron chi connectivity index (χ1n) is 8.40. The van der Waals surface area contributed by atoms with Crippen molar-refractivity contribution >= 4 is 22.1 Å². The molecule has 4 nitrogen and oxygen atoms in total. The summed E-state index contributed by atoms with van der Waals surface area (Å²) < 4.78 is 0. The average molecular weight is 334 g/mol. The van der Waals surface area contributed by atoms with E-state index in [9.17, 15) is 0 Å². The van der Waals surface area contributed by atoms with Gasteiger partial charge in [0.2, 0.25) is 0 Å². The molecule has 26 heavy (non-hydrogen) atoms. The second-order valence-corrected chi connectivity index (χ2v) is 6.10. The Morgan fingerprint density at radius 2 is 1.27 bits per heavy atom. The van der Waals surface area contributed by atoms with Crippen LogP contribution in [0.1, 0.15) is 0 Å². The number of hydrogen-bond acceptors (Lipinski definition) is 4. The summed E-state index contributed by atoms with van der Waals surface area (Å²) in [5.41, 5.74) is 6.26. The Labute approximate surface area is 150 Å². The molecule has 0 fully saturated rings. The van der Waals surface area contributed by atoms with E-state index in [2.05, 4.69) is 32.1 Å². The highest BCUT2D eigenvalue weighted by Crippen LogP contribution is 2.25. The fraction of sp³-hybridized carbons (Fsp3) is 0. The first-order chi connectivity index (χ1) is 12.9. The predicted octanol–water partition coefficient (Wildman–Crippen LogP) is 4.91. The Hall–Kier alpha value is -3.66. The molecule has 0 N–H and O–H groups in total. The summed E-state index contributed by atoms with van der Waals surface area (Å²) in [6, 6.07) is 22.2. The van der Waals surface area contributed by atoms with Gasteiger partial charge in [-0.3, -0.25) is 9.97 Å². The largest absolute Gasteiger partial charge is 0.256 e. The molecular weight excluding hydrogens is 320 g/mol. The molecule has 4 heteroatoms. The molecule has 5 aromatic rings. The zero-order chi connectivity index (χ0) is 17.3. The molecule has 0 aliphatic rings. The molecule has 0 aliphatic carbocycles. The molecule has 0 aliphatic heterocycles. The number of para-hydroxylation sites is 1. The lowest BCUT2D eigenvalue weighted by molar-refractivity contribution is 1.22. The fourth-order valence-electron chi connectivity index (χ4n) is 3.04. The van der Waals surface area contributed by atoms with Crippen LogP contribution in [0, 0.1) is 0 Å². The van der Waals surface area contributed by atoms with Crippen LogP contribution in [0.3, 0.4) is 0 Å². The van der Waals surface area contributed by atoms with Crippen molar-refractivity contribution in [1.82, 2.24) is 19.9 Å². The van der Waals surface area contributed by atoms with E-state index in [1.165, 1.54) is 0 Å². The van der Waals surface area contributed by atoms with E-state index < -0.39 is 0 Å². The minimum atomic E-state index is 0.642. The third-order valence-corrected chi connectivity index (χ3v) is 4.39. The second-order valence-electron chi connectivity index (χ2n) is 6.10.